The summed E-state index contributed by atoms with van der Waals surface area (Å²) in [5, 5.41) is 17.9. The van der Waals surface area contributed by atoms with Crippen molar-refractivity contribution in [2.24, 2.45) is 0 Å². The Morgan fingerprint density at radius 2 is 1.84 bits per heavy atom. The molecule has 1 fully saturated rings. The zero-order valence-corrected chi connectivity index (χ0v) is 18.7. The van der Waals surface area contributed by atoms with E-state index in [9.17, 15) is 4.79 Å². The summed E-state index contributed by atoms with van der Waals surface area (Å²) in [7, 11) is 0. The minimum atomic E-state index is -0.112. The van der Waals surface area contributed by atoms with Crippen molar-refractivity contribution in [3.63, 3.8) is 0 Å². The first-order chi connectivity index (χ1) is 15.7. The summed E-state index contributed by atoms with van der Waals surface area (Å²) in [5.74, 6) is 0.399. The Morgan fingerprint density at radius 1 is 1.06 bits per heavy atom. The molecule has 0 heterocycles. The molecule has 0 radical (unpaired) electrons. The summed E-state index contributed by atoms with van der Waals surface area (Å²) >= 11 is 0. The Kier molecular flexibility index (Phi) is 7.19. The summed E-state index contributed by atoms with van der Waals surface area (Å²) in [5.41, 5.74) is 3.32. The van der Waals surface area contributed by atoms with Gasteiger partial charge in [0.25, 0.3) is 5.91 Å². The van der Waals surface area contributed by atoms with Crippen molar-refractivity contribution in [3.05, 3.63) is 83.4 Å². The molecular weight excluding hydrogens is 394 g/mol. The molecule has 0 saturated heterocycles. The maximum absolute atomic E-state index is 12.2. The minimum absolute atomic E-state index is 0.112. The fraction of sp³-hybridized carbons (Fsp3) is 0.357. The second-order valence-corrected chi connectivity index (χ2v) is 8.80. The van der Waals surface area contributed by atoms with E-state index in [4.69, 9.17) is 5.26 Å². The molecule has 0 spiro atoms. The maximum atomic E-state index is 12.2. The lowest BCUT2D eigenvalue weighted by molar-refractivity contribution is 0.0954. The van der Waals surface area contributed by atoms with Crippen LogP contribution in [0.15, 0.2) is 66.7 Å². The minimum Gasteiger partial charge on any atom is -0.351 e. The van der Waals surface area contributed by atoms with Gasteiger partial charge in [-0.1, -0.05) is 61.0 Å². The standard InChI is InChI=1S/C28H31N3O/c1-20(26-12-5-8-22-7-2-3-11-27(22)26)31-25-10-4-9-24(19-25)21-13-15-23(16-14-21)28(32)30-18-6-17-29/h2-3,5,7-8,11-16,20,24-25,31H,4,6,9-10,18-19H2,1H3,(H,30,32). The van der Waals surface area contributed by atoms with Gasteiger partial charge in [-0.2, -0.15) is 5.26 Å². The second-order valence-electron chi connectivity index (χ2n) is 8.80. The number of hydrogen-bond acceptors (Lipinski definition) is 3. The van der Waals surface area contributed by atoms with Gasteiger partial charge in [0.15, 0.2) is 0 Å². The molecule has 3 atom stereocenters. The largest absolute Gasteiger partial charge is 0.351 e. The molecule has 0 aliphatic heterocycles. The molecule has 32 heavy (non-hydrogen) atoms. The molecule has 1 aliphatic carbocycles. The van der Waals surface area contributed by atoms with Crippen LogP contribution in [0.3, 0.4) is 0 Å². The van der Waals surface area contributed by atoms with Crippen molar-refractivity contribution in [1.82, 2.24) is 10.6 Å². The fourth-order valence-electron chi connectivity index (χ4n) is 4.96. The van der Waals surface area contributed by atoms with Gasteiger partial charge in [0.1, 0.15) is 0 Å². The molecule has 0 aromatic heterocycles. The molecule has 164 valence electrons. The Hall–Kier alpha value is -3.16. The Labute approximate surface area is 190 Å². The molecule has 3 unspecified atom stereocenters. The molecule has 0 bridgehead atoms. The first kappa shape index (κ1) is 22.0. The van der Waals surface area contributed by atoms with Crippen molar-refractivity contribution in [2.75, 3.05) is 6.54 Å². The van der Waals surface area contributed by atoms with Crippen LogP contribution in [0.5, 0.6) is 0 Å². The van der Waals surface area contributed by atoms with E-state index in [1.165, 1.54) is 41.2 Å². The summed E-state index contributed by atoms with van der Waals surface area (Å²) in [6.45, 7) is 2.66. The van der Waals surface area contributed by atoms with E-state index >= 15 is 0 Å². The molecule has 3 aromatic carbocycles. The van der Waals surface area contributed by atoms with Crippen LogP contribution in [-0.2, 0) is 0 Å². The van der Waals surface area contributed by atoms with Crippen LogP contribution < -0.4 is 10.6 Å². The van der Waals surface area contributed by atoms with Crippen LogP contribution in [0.2, 0.25) is 0 Å². The van der Waals surface area contributed by atoms with Crippen LogP contribution in [0.4, 0.5) is 0 Å². The molecule has 3 aromatic rings. The van der Waals surface area contributed by atoms with Gasteiger partial charge in [0.2, 0.25) is 0 Å². The zero-order chi connectivity index (χ0) is 22.3. The van der Waals surface area contributed by atoms with Gasteiger partial charge in [0.05, 0.1) is 12.5 Å². The van der Waals surface area contributed by atoms with E-state index in [1.807, 2.05) is 18.2 Å². The average molecular weight is 426 g/mol. The Balaban J connectivity index is 1.39. The predicted octanol–water partition coefficient (Wildman–Crippen LogP) is 5.86. The van der Waals surface area contributed by atoms with Crippen LogP contribution >= 0.6 is 0 Å². The van der Waals surface area contributed by atoms with Crippen molar-refractivity contribution in [1.29, 1.82) is 5.26 Å². The molecule has 4 heteroatoms. The summed E-state index contributed by atoms with van der Waals surface area (Å²) < 4.78 is 0. The highest BCUT2D eigenvalue weighted by molar-refractivity contribution is 5.94. The van der Waals surface area contributed by atoms with Crippen LogP contribution in [0, 0.1) is 11.3 Å². The van der Waals surface area contributed by atoms with E-state index in [-0.39, 0.29) is 5.91 Å². The van der Waals surface area contributed by atoms with Gasteiger partial charge in [-0.05, 0) is 66.1 Å². The SMILES string of the molecule is CC(NC1CCCC(c2ccc(C(=O)NCCC#N)cc2)C1)c1cccc2ccccc12. The second kappa shape index (κ2) is 10.4. The Morgan fingerprint density at radius 3 is 2.66 bits per heavy atom. The van der Waals surface area contributed by atoms with E-state index < -0.39 is 0 Å². The van der Waals surface area contributed by atoms with Crippen molar-refractivity contribution >= 4 is 16.7 Å². The number of amides is 1. The quantitative estimate of drug-likeness (QED) is 0.466. The number of nitrogens with one attached hydrogen (secondary N) is 2. The lowest BCUT2D eigenvalue weighted by Crippen LogP contribution is -2.35. The average Bonchev–Trinajstić information content (AvgIpc) is 2.84. The van der Waals surface area contributed by atoms with Gasteiger partial charge < -0.3 is 10.6 Å². The molecule has 1 aliphatic rings. The monoisotopic (exact) mass is 425 g/mol. The smallest absolute Gasteiger partial charge is 0.251 e. The Bertz CT molecular complexity index is 1090. The van der Waals surface area contributed by atoms with E-state index in [1.54, 1.807) is 0 Å². The van der Waals surface area contributed by atoms with Gasteiger partial charge >= 0.3 is 0 Å². The van der Waals surface area contributed by atoms with Gasteiger partial charge in [-0.25, -0.2) is 0 Å². The third-order valence-electron chi connectivity index (χ3n) is 6.62. The number of hydrogen-bond donors (Lipinski definition) is 2. The lowest BCUT2D eigenvalue weighted by Gasteiger charge is -2.32. The number of carbonyl (C=O) groups excluding carboxylic acids is 1. The summed E-state index contributed by atoms with van der Waals surface area (Å²) in [4.78, 5) is 12.2. The number of nitrogens with zero attached hydrogens (tertiary/aromatic N) is 1. The normalized spacial score (nSPS) is 19.2. The third kappa shape index (κ3) is 5.18. The van der Waals surface area contributed by atoms with Crippen molar-refractivity contribution < 1.29 is 4.79 Å². The number of nitriles is 1. The van der Waals surface area contributed by atoms with Crippen LogP contribution in [0.25, 0.3) is 10.8 Å². The van der Waals surface area contributed by atoms with E-state index in [0.29, 0.717) is 36.5 Å². The van der Waals surface area contributed by atoms with Gasteiger partial charge in [-0.3, -0.25) is 4.79 Å². The number of benzene rings is 3. The molecule has 4 nitrogen and oxygen atoms in total. The van der Waals surface area contributed by atoms with Crippen LogP contribution in [-0.4, -0.2) is 18.5 Å². The van der Waals surface area contributed by atoms with Crippen molar-refractivity contribution in [2.45, 2.75) is 57.0 Å². The fourth-order valence-corrected chi connectivity index (χ4v) is 4.96. The van der Waals surface area contributed by atoms with E-state index in [2.05, 4.69) is 72.2 Å². The first-order valence-corrected chi connectivity index (χ1v) is 11.6. The summed E-state index contributed by atoms with van der Waals surface area (Å²) in [6.07, 6.45) is 5.04. The lowest BCUT2D eigenvalue weighted by atomic mass is 9.80. The highest BCUT2D eigenvalue weighted by Gasteiger charge is 2.25. The highest BCUT2D eigenvalue weighted by Crippen LogP contribution is 2.34. The molecule has 1 saturated carbocycles. The number of rotatable bonds is 7. The molecule has 4 rings (SSSR count). The topological polar surface area (TPSA) is 64.9 Å². The number of carbonyl (C=O) groups is 1. The first-order valence-electron chi connectivity index (χ1n) is 11.6. The molecule has 2 N–H and O–H groups in total. The van der Waals surface area contributed by atoms with Gasteiger partial charge in [0, 0.05) is 24.2 Å². The maximum Gasteiger partial charge on any atom is 0.251 e. The zero-order valence-electron chi connectivity index (χ0n) is 18.7. The number of fused-ring (bicyclic) bond motifs is 1. The van der Waals surface area contributed by atoms with E-state index in [0.717, 1.165) is 6.42 Å². The highest BCUT2D eigenvalue weighted by atomic mass is 16.1. The van der Waals surface area contributed by atoms with Crippen molar-refractivity contribution in [3.8, 4) is 6.07 Å². The third-order valence-corrected chi connectivity index (χ3v) is 6.62. The van der Waals surface area contributed by atoms with Gasteiger partial charge in [-0.15, -0.1) is 0 Å². The molecule has 1 amide bonds. The predicted molar refractivity (Wildman–Crippen MR) is 130 cm³/mol. The summed E-state index contributed by atoms with van der Waals surface area (Å²) in [6, 6.07) is 26.0. The molecular formula is C28H31N3O. The van der Waals surface area contributed by atoms with Crippen LogP contribution in [0.1, 0.15) is 72.5 Å².